The first-order chi connectivity index (χ1) is 8.66. The number of nitrogens with zero attached hydrogens (tertiary/aromatic N) is 2. The van der Waals surface area contributed by atoms with Gasteiger partial charge in [0, 0.05) is 6.07 Å². The van der Waals surface area contributed by atoms with Gasteiger partial charge in [0.2, 0.25) is 0 Å². The van der Waals surface area contributed by atoms with Crippen LogP contribution in [0.4, 0.5) is 11.4 Å². The quantitative estimate of drug-likeness (QED) is 0.510. The Balaban J connectivity index is 2.11. The summed E-state index contributed by atoms with van der Waals surface area (Å²) in [6.07, 6.45) is 1.46. The number of aryl methyl sites for hydroxylation is 1. The molecule has 0 unspecified atom stereocenters. The third-order valence-corrected chi connectivity index (χ3v) is 2.24. The van der Waals surface area contributed by atoms with E-state index in [1.165, 1.54) is 12.3 Å². The largest absolute Gasteiger partial charge is 0.460 e. The van der Waals surface area contributed by atoms with Gasteiger partial charge >= 0.3 is 0 Å². The lowest BCUT2D eigenvalue weighted by atomic mass is 10.3. The van der Waals surface area contributed by atoms with E-state index in [-0.39, 0.29) is 5.69 Å². The van der Waals surface area contributed by atoms with Gasteiger partial charge in [-0.15, -0.1) is 0 Å². The molecule has 0 aliphatic carbocycles. The lowest BCUT2D eigenvalue weighted by Gasteiger charge is -2.00. The summed E-state index contributed by atoms with van der Waals surface area (Å²) < 4.78 is 5.28. The summed E-state index contributed by atoms with van der Waals surface area (Å²) in [5, 5.41) is 14.6. The summed E-state index contributed by atoms with van der Waals surface area (Å²) in [4.78, 5) is 10.3. The highest BCUT2D eigenvalue weighted by Gasteiger charge is 2.10. The number of anilines is 1. The second-order valence-electron chi connectivity index (χ2n) is 3.59. The number of nitro groups is 1. The van der Waals surface area contributed by atoms with Crippen LogP contribution in [0, 0.1) is 17.0 Å². The fraction of sp³-hybridized carbons (Fsp3) is 0.0833. The number of hydrogen-bond donors (Lipinski definition) is 1. The van der Waals surface area contributed by atoms with E-state index in [1.54, 1.807) is 24.3 Å². The van der Waals surface area contributed by atoms with Gasteiger partial charge in [0.05, 0.1) is 11.1 Å². The summed E-state index contributed by atoms with van der Waals surface area (Å²) in [7, 11) is 0. The van der Waals surface area contributed by atoms with Crippen molar-refractivity contribution in [2.24, 2.45) is 5.10 Å². The molecule has 1 N–H and O–H groups in total. The van der Waals surface area contributed by atoms with Crippen LogP contribution in [0.3, 0.4) is 0 Å². The van der Waals surface area contributed by atoms with Gasteiger partial charge in [-0.1, -0.05) is 12.1 Å². The van der Waals surface area contributed by atoms with Gasteiger partial charge in [-0.3, -0.25) is 15.5 Å². The molecule has 0 radical (unpaired) electrons. The minimum atomic E-state index is -0.463. The van der Waals surface area contributed by atoms with E-state index in [4.69, 9.17) is 4.42 Å². The third-order valence-electron chi connectivity index (χ3n) is 2.24. The van der Waals surface area contributed by atoms with Crippen LogP contribution in [-0.2, 0) is 0 Å². The number of nitrogens with one attached hydrogen (secondary N) is 1. The molecule has 1 aromatic heterocycles. The first-order valence-corrected chi connectivity index (χ1v) is 5.26. The van der Waals surface area contributed by atoms with Gasteiger partial charge in [-0.05, 0) is 25.1 Å². The number of nitro benzene ring substituents is 1. The number of benzene rings is 1. The zero-order valence-electron chi connectivity index (χ0n) is 9.66. The summed E-state index contributed by atoms with van der Waals surface area (Å²) in [6.45, 7) is 1.83. The van der Waals surface area contributed by atoms with Crippen LogP contribution in [-0.4, -0.2) is 11.1 Å². The van der Waals surface area contributed by atoms with Crippen LogP contribution in [0.1, 0.15) is 11.5 Å². The minimum Gasteiger partial charge on any atom is -0.460 e. The zero-order chi connectivity index (χ0) is 13.0. The fourth-order valence-corrected chi connectivity index (χ4v) is 1.42. The normalized spacial score (nSPS) is 10.7. The van der Waals surface area contributed by atoms with Crippen molar-refractivity contribution in [2.45, 2.75) is 6.92 Å². The number of hydrazone groups is 1. The average molecular weight is 245 g/mol. The molecule has 2 rings (SSSR count). The number of hydrogen-bond acceptors (Lipinski definition) is 5. The summed E-state index contributed by atoms with van der Waals surface area (Å²) >= 11 is 0. The average Bonchev–Trinajstić information content (AvgIpc) is 2.75. The van der Waals surface area contributed by atoms with Crippen molar-refractivity contribution in [1.82, 2.24) is 0 Å². The van der Waals surface area contributed by atoms with Gasteiger partial charge in [0.15, 0.2) is 0 Å². The van der Waals surface area contributed by atoms with Crippen molar-refractivity contribution >= 4 is 17.6 Å². The molecule has 6 heteroatoms. The first kappa shape index (κ1) is 11.8. The van der Waals surface area contributed by atoms with Crippen molar-refractivity contribution in [1.29, 1.82) is 0 Å². The van der Waals surface area contributed by atoms with E-state index in [2.05, 4.69) is 10.5 Å². The van der Waals surface area contributed by atoms with E-state index in [0.29, 0.717) is 11.4 Å². The van der Waals surface area contributed by atoms with Crippen LogP contribution in [0.5, 0.6) is 0 Å². The lowest BCUT2D eigenvalue weighted by Crippen LogP contribution is -1.96. The topological polar surface area (TPSA) is 80.7 Å². The van der Waals surface area contributed by atoms with Crippen molar-refractivity contribution in [3.05, 3.63) is 58.0 Å². The molecule has 1 heterocycles. The predicted octanol–water partition coefficient (Wildman–Crippen LogP) is 2.94. The Bertz CT molecular complexity index is 590. The van der Waals surface area contributed by atoms with Crippen molar-refractivity contribution in [3.63, 3.8) is 0 Å². The van der Waals surface area contributed by atoms with Gasteiger partial charge in [-0.25, -0.2) is 0 Å². The smallest absolute Gasteiger partial charge is 0.294 e. The standard InChI is InChI=1S/C12H11N3O3/c1-9-6-7-10(18-9)8-13-14-11-4-2-3-5-12(11)15(16)17/h2-8,14H,1H3/b13-8+. The van der Waals surface area contributed by atoms with Crippen molar-refractivity contribution in [2.75, 3.05) is 5.43 Å². The van der Waals surface area contributed by atoms with Crippen LogP contribution >= 0.6 is 0 Å². The Morgan fingerprint density at radius 2 is 2.11 bits per heavy atom. The lowest BCUT2D eigenvalue weighted by molar-refractivity contribution is -0.384. The molecule has 0 spiro atoms. The molecule has 0 bridgehead atoms. The highest BCUT2D eigenvalue weighted by molar-refractivity contribution is 5.77. The molecule has 0 aliphatic heterocycles. The SMILES string of the molecule is Cc1ccc(/C=N/Nc2ccccc2[N+](=O)[O-])o1. The summed E-state index contributed by atoms with van der Waals surface area (Å²) in [5.74, 6) is 1.36. The molecule has 0 amide bonds. The molecule has 2 aromatic rings. The Kier molecular flexibility index (Phi) is 3.38. The van der Waals surface area contributed by atoms with E-state index < -0.39 is 4.92 Å². The molecular formula is C12H11N3O3. The molecule has 0 saturated heterocycles. The molecule has 0 atom stereocenters. The summed E-state index contributed by atoms with van der Waals surface area (Å²) in [6, 6.07) is 9.87. The van der Waals surface area contributed by atoms with E-state index in [0.717, 1.165) is 5.76 Å². The Hall–Kier alpha value is -2.63. The Labute approximate surface area is 103 Å². The maximum Gasteiger partial charge on any atom is 0.294 e. The molecule has 6 nitrogen and oxygen atoms in total. The zero-order valence-corrected chi connectivity index (χ0v) is 9.66. The number of para-hydroxylation sites is 2. The fourth-order valence-electron chi connectivity index (χ4n) is 1.42. The van der Waals surface area contributed by atoms with Crippen LogP contribution in [0.2, 0.25) is 0 Å². The molecule has 0 aliphatic rings. The molecule has 0 fully saturated rings. The van der Waals surface area contributed by atoms with E-state index in [1.807, 2.05) is 13.0 Å². The van der Waals surface area contributed by atoms with Crippen LogP contribution < -0.4 is 5.43 Å². The minimum absolute atomic E-state index is 0.0229. The first-order valence-electron chi connectivity index (χ1n) is 5.26. The van der Waals surface area contributed by atoms with Crippen molar-refractivity contribution < 1.29 is 9.34 Å². The Morgan fingerprint density at radius 3 is 2.78 bits per heavy atom. The van der Waals surface area contributed by atoms with E-state index in [9.17, 15) is 10.1 Å². The van der Waals surface area contributed by atoms with Crippen LogP contribution in [0.15, 0.2) is 45.9 Å². The van der Waals surface area contributed by atoms with Gasteiger partial charge in [-0.2, -0.15) is 5.10 Å². The number of rotatable bonds is 4. The molecule has 0 saturated carbocycles. The number of furan rings is 1. The highest BCUT2D eigenvalue weighted by Crippen LogP contribution is 2.22. The maximum atomic E-state index is 10.8. The highest BCUT2D eigenvalue weighted by atomic mass is 16.6. The second-order valence-corrected chi connectivity index (χ2v) is 3.59. The van der Waals surface area contributed by atoms with Gasteiger partial charge in [0.25, 0.3) is 5.69 Å². The Morgan fingerprint density at radius 1 is 1.33 bits per heavy atom. The molecular weight excluding hydrogens is 234 g/mol. The monoisotopic (exact) mass is 245 g/mol. The van der Waals surface area contributed by atoms with Gasteiger partial charge in [0.1, 0.15) is 17.2 Å². The second kappa shape index (κ2) is 5.13. The predicted molar refractivity (Wildman–Crippen MR) is 67.8 cm³/mol. The molecule has 92 valence electrons. The van der Waals surface area contributed by atoms with E-state index >= 15 is 0 Å². The maximum absolute atomic E-state index is 10.8. The van der Waals surface area contributed by atoms with Crippen molar-refractivity contribution in [3.8, 4) is 0 Å². The molecule has 1 aromatic carbocycles. The van der Waals surface area contributed by atoms with Crippen LogP contribution in [0.25, 0.3) is 0 Å². The summed E-state index contributed by atoms with van der Waals surface area (Å²) in [5.41, 5.74) is 2.93. The molecule has 18 heavy (non-hydrogen) atoms. The van der Waals surface area contributed by atoms with Gasteiger partial charge < -0.3 is 4.42 Å². The third kappa shape index (κ3) is 2.73.